The summed E-state index contributed by atoms with van der Waals surface area (Å²) >= 11 is 12.2. The van der Waals surface area contributed by atoms with E-state index in [9.17, 15) is 18.0 Å². The SMILES string of the molecule is CC[C@@H](C(=O)NCC(C)C)N(CCc1ccccc1)C(=O)CN(c1cccc(Cl)c1)S(=O)(=O)c1ccc(Cl)cc1. The molecule has 3 aromatic rings. The summed E-state index contributed by atoms with van der Waals surface area (Å²) in [5.41, 5.74) is 1.23. The number of nitrogens with zero attached hydrogens (tertiary/aromatic N) is 2. The smallest absolute Gasteiger partial charge is 0.264 e. The van der Waals surface area contributed by atoms with Gasteiger partial charge in [0.05, 0.1) is 10.6 Å². The van der Waals surface area contributed by atoms with Crippen molar-refractivity contribution in [3.8, 4) is 0 Å². The second kappa shape index (κ2) is 14.5. The molecule has 0 radical (unpaired) electrons. The van der Waals surface area contributed by atoms with Crippen LogP contribution < -0.4 is 9.62 Å². The summed E-state index contributed by atoms with van der Waals surface area (Å²) in [4.78, 5) is 28.7. The molecule has 0 aromatic heterocycles. The highest BCUT2D eigenvalue weighted by Gasteiger charge is 2.33. The van der Waals surface area contributed by atoms with E-state index in [-0.39, 0.29) is 29.0 Å². The number of benzene rings is 3. The molecule has 0 bridgehead atoms. The van der Waals surface area contributed by atoms with E-state index in [1.165, 1.54) is 35.2 Å². The maximum atomic E-state index is 14.0. The highest BCUT2D eigenvalue weighted by atomic mass is 35.5. The number of nitrogens with one attached hydrogen (secondary N) is 1. The zero-order valence-corrected chi connectivity index (χ0v) is 25.2. The van der Waals surface area contributed by atoms with E-state index in [4.69, 9.17) is 23.2 Å². The van der Waals surface area contributed by atoms with E-state index >= 15 is 0 Å². The van der Waals surface area contributed by atoms with Crippen molar-refractivity contribution < 1.29 is 18.0 Å². The van der Waals surface area contributed by atoms with E-state index in [0.29, 0.717) is 29.4 Å². The molecule has 40 heavy (non-hydrogen) atoms. The van der Waals surface area contributed by atoms with Gasteiger partial charge < -0.3 is 10.2 Å². The number of hydrogen-bond acceptors (Lipinski definition) is 4. The van der Waals surface area contributed by atoms with Gasteiger partial charge in [-0.1, -0.05) is 80.4 Å². The van der Waals surface area contributed by atoms with Crippen molar-refractivity contribution in [2.45, 2.75) is 44.6 Å². The van der Waals surface area contributed by atoms with E-state index in [2.05, 4.69) is 5.32 Å². The van der Waals surface area contributed by atoms with Gasteiger partial charge in [0.2, 0.25) is 11.8 Å². The molecular weight excluding hydrogens is 569 g/mol. The van der Waals surface area contributed by atoms with Crippen LogP contribution in [-0.4, -0.2) is 50.8 Å². The first-order chi connectivity index (χ1) is 19.0. The van der Waals surface area contributed by atoms with Gasteiger partial charge in [-0.25, -0.2) is 8.42 Å². The molecule has 0 aliphatic heterocycles. The second-order valence-electron chi connectivity index (χ2n) is 9.83. The topological polar surface area (TPSA) is 86.8 Å². The fraction of sp³-hybridized carbons (Fsp3) is 0.333. The second-order valence-corrected chi connectivity index (χ2v) is 12.6. The minimum Gasteiger partial charge on any atom is -0.354 e. The summed E-state index contributed by atoms with van der Waals surface area (Å²) in [7, 11) is -4.19. The number of amides is 2. The molecule has 7 nitrogen and oxygen atoms in total. The van der Waals surface area contributed by atoms with Gasteiger partial charge in [-0.3, -0.25) is 13.9 Å². The predicted molar refractivity (Wildman–Crippen MR) is 161 cm³/mol. The van der Waals surface area contributed by atoms with Gasteiger partial charge in [-0.05, 0) is 66.8 Å². The van der Waals surface area contributed by atoms with Crippen LogP contribution in [0.15, 0.2) is 83.8 Å². The Morgan fingerprint density at radius 2 is 1.57 bits per heavy atom. The normalized spacial score (nSPS) is 12.2. The summed E-state index contributed by atoms with van der Waals surface area (Å²) in [6.45, 7) is 6.00. The molecule has 0 saturated heterocycles. The van der Waals surface area contributed by atoms with Crippen LogP contribution in [0.3, 0.4) is 0 Å². The first kappa shape index (κ1) is 31.5. The molecule has 1 N–H and O–H groups in total. The third-order valence-electron chi connectivity index (χ3n) is 6.33. The van der Waals surface area contributed by atoms with Gasteiger partial charge >= 0.3 is 0 Å². The molecule has 0 unspecified atom stereocenters. The Balaban J connectivity index is 1.99. The van der Waals surface area contributed by atoms with Gasteiger partial charge in [-0.15, -0.1) is 0 Å². The van der Waals surface area contributed by atoms with Crippen molar-refractivity contribution in [2.24, 2.45) is 5.92 Å². The molecule has 0 spiro atoms. The maximum Gasteiger partial charge on any atom is 0.264 e. The molecule has 214 valence electrons. The van der Waals surface area contributed by atoms with Crippen LogP contribution in [0.5, 0.6) is 0 Å². The molecule has 2 amide bonds. The molecule has 3 aromatic carbocycles. The average molecular weight is 605 g/mol. The standard InChI is InChI=1S/C30H35Cl2N3O4S/c1-4-28(30(37)33-20-22(2)3)34(18-17-23-9-6-5-7-10-23)29(36)21-35(26-12-8-11-25(32)19-26)40(38,39)27-15-13-24(31)14-16-27/h5-16,19,22,28H,4,17-18,20-21H2,1-3H3,(H,33,37)/t28-/m0/s1. The minimum atomic E-state index is -4.19. The predicted octanol–water partition coefficient (Wildman–Crippen LogP) is 5.81. The van der Waals surface area contributed by atoms with Crippen LogP contribution in [0, 0.1) is 5.92 Å². The lowest BCUT2D eigenvalue weighted by Crippen LogP contribution is -2.53. The van der Waals surface area contributed by atoms with Crippen LogP contribution >= 0.6 is 23.2 Å². The summed E-state index contributed by atoms with van der Waals surface area (Å²) in [6, 6.07) is 20.9. The molecule has 0 heterocycles. The quantitative estimate of drug-likeness (QED) is 0.267. The van der Waals surface area contributed by atoms with Crippen molar-refractivity contribution in [2.75, 3.05) is 23.9 Å². The first-order valence-electron chi connectivity index (χ1n) is 13.2. The lowest BCUT2D eigenvalue weighted by atomic mass is 10.1. The Morgan fingerprint density at radius 3 is 2.17 bits per heavy atom. The zero-order chi connectivity index (χ0) is 29.3. The van der Waals surface area contributed by atoms with Crippen molar-refractivity contribution in [3.63, 3.8) is 0 Å². The fourth-order valence-electron chi connectivity index (χ4n) is 4.21. The van der Waals surface area contributed by atoms with Crippen LogP contribution in [-0.2, 0) is 26.0 Å². The van der Waals surface area contributed by atoms with Crippen LogP contribution in [0.1, 0.15) is 32.8 Å². The molecule has 0 aliphatic rings. The fourth-order valence-corrected chi connectivity index (χ4v) is 5.93. The van der Waals surface area contributed by atoms with E-state index in [1.807, 2.05) is 51.1 Å². The lowest BCUT2D eigenvalue weighted by molar-refractivity contribution is -0.139. The van der Waals surface area contributed by atoms with Crippen LogP contribution in [0.2, 0.25) is 10.0 Å². The summed E-state index contributed by atoms with van der Waals surface area (Å²) < 4.78 is 28.7. The monoisotopic (exact) mass is 603 g/mol. The molecule has 0 aliphatic carbocycles. The van der Waals surface area contributed by atoms with Gasteiger partial charge in [-0.2, -0.15) is 0 Å². The van der Waals surface area contributed by atoms with Gasteiger partial charge in [0.15, 0.2) is 0 Å². The van der Waals surface area contributed by atoms with Crippen LogP contribution in [0.25, 0.3) is 0 Å². The Hall–Kier alpha value is -3.07. The Morgan fingerprint density at radius 1 is 0.900 bits per heavy atom. The molecule has 0 saturated carbocycles. The third-order valence-corrected chi connectivity index (χ3v) is 8.61. The number of sulfonamides is 1. The Labute approximate surface area is 247 Å². The van der Waals surface area contributed by atoms with Gasteiger partial charge in [0, 0.05) is 23.1 Å². The zero-order valence-electron chi connectivity index (χ0n) is 22.9. The average Bonchev–Trinajstić information content (AvgIpc) is 2.93. The number of anilines is 1. The van der Waals surface area contributed by atoms with Crippen LogP contribution in [0.4, 0.5) is 5.69 Å². The van der Waals surface area contributed by atoms with Gasteiger partial charge in [0.1, 0.15) is 12.6 Å². The van der Waals surface area contributed by atoms with Crippen molar-refractivity contribution >= 4 is 50.7 Å². The molecular formula is C30H35Cl2N3O4S. The maximum absolute atomic E-state index is 14.0. The Kier molecular flexibility index (Phi) is 11.4. The van der Waals surface area contributed by atoms with Crippen molar-refractivity contribution in [1.82, 2.24) is 10.2 Å². The summed E-state index contributed by atoms with van der Waals surface area (Å²) in [5.74, 6) is -0.537. The highest BCUT2D eigenvalue weighted by molar-refractivity contribution is 7.92. The van der Waals surface area contributed by atoms with Gasteiger partial charge in [0.25, 0.3) is 10.0 Å². The number of carbonyl (C=O) groups is 2. The first-order valence-corrected chi connectivity index (χ1v) is 15.4. The Bertz CT molecular complexity index is 1380. The molecule has 1 atom stereocenters. The third kappa shape index (κ3) is 8.46. The largest absolute Gasteiger partial charge is 0.354 e. The van der Waals surface area contributed by atoms with Crippen molar-refractivity contribution in [1.29, 1.82) is 0 Å². The van der Waals surface area contributed by atoms with E-state index < -0.39 is 28.5 Å². The number of halogens is 2. The van der Waals surface area contributed by atoms with E-state index in [1.54, 1.807) is 18.2 Å². The minimum absolute atomic E-state index is 0.0257. The summed E-state index contributed by atoms with van der Waals surface area (Å²) in [6.07, 6.45) is 0.868. The lowest BCUT2D eigenvalue weighted by Gasteiger charge is -2.33. The summed E-state index contributed by atoms with van der Waals surface area (Å²) in [5, 5.41) is 3.63. The molecule has 0 fully saturated rings. The number of carbonyl (C=O) groups excluding carboxylic acids is 2. The molecule has 3 rings (SSSR count). The highest BCUT2D eigenvalue weighted by Crippen LogP contribution is 2.27. The molecule has 10 heteroatoms. The number of hydrogen-bond donors (Lipinski definition) is 1. The van der Waals surface area contributed by atoms with Crippen molar-refractivity contribution in [3.05, 3.63) is 94.5 Å². The van der Waals surface area contributed by atoms with E-state index in [0.717, 1.165) is 9.87 Å². The number of rotatable bonds is 13.